The molecule has 0 unspecified atom stereocenters. The highest BCUT2D eigenvalue weighted by molar-refractivity contribution is 6.43. The standard InChI is InChI=1S/C8H10Cl2N2/c1-2-3-6-4-11-5-12-7(6)8(9)10/h4-5,8H,2-3H2,1H3. The van der Waals surface area contributed by atoms with Crippen molar-refractivity contribution in [1.82, 2.24) is 9.97 Å². The predicted octanol–water partition coefficient (Wildman–Crippen LogP) is 2.91. The van der Waals surface area contributed by atoms with Crippen molar-refractivity contribution in [1.29, 1.82) is 0 Å². The smallest absolute Gasteiger partial charge is 0.149 e. The number of aryl methyl sites for hydroxylation is 1. The van der Waals surface area contributed by atoms with E-state index in [2.05, 4.69) is 16.9 Å². The van der Waals surface area contributed by atoms with Crippen molar-refractivity contribution in [2.75, 3.05) is 0 Å². The molecule has 0 saturated carbocycles. The maximum absolute atomic E-state index is 5.72. The average Bonchev–Trinajstić information content (AvgIpc) is 2.05. The normalized spacial score (nSPS) is 10.7. The van der Waals surface area contributed by atoms with E-state index in [-0.39, 0.29) is 0 Å². The van der Waals surface area contributed by atoms with Gasteiger partial charge in [-0.15, -0.1) is 0 Å². The molecule has 1 heterocycles. The topological polar surface area (TPSA) is 25.8 Å². The van der Waals surface area contributed by atoms with Crippen LogP contribution in [0, 0.1) is 0 Å². The molecule has 0 saturated heterocycles. The third kappa shape index (κ3) is 2.32. The van der Waals surface area contributed by atoms with Crippen LogP contribution in [-0.4, -0.2) is 9.97 Å². The van der Waals surface area contributed by atoms with Gasteiger partial charge in [0.1, 0.15) is 11.2 Å². The van der Waals surface area contributed by atoms with Gasteiger partial charge >= 0.3 is 0 Å². The van der Waals surface area contributed by atoms with Crippen molar-refractivity contribution in [2.45, 2.75) is 24.6 Å². The number of hydrogen-bond acceptors (Lipinski definition) is 2. The fraction of sp³-hybridized carbons (Fsp3) is 0.500. The van der Waals surface area contributed by atoms with Gasteiger partial charge in [0.25, 0.3) is 0 Å². The van der Waals surface area contributed by atoms with Crippen molar-refractivity contribution in [3.05, 3.63) is 23.8 Å². The number of hydrogen-bond donors (Lipinski definition) is 0. The van der Waals surface area contributed by atoms with Crippen LogP contribution in [0.3, 0.4) is 0 Å². The van der Waals surface area contributed by atoms with Crippen LogP contribution in [0.4, 0.5) is 0 Å². The first-order chi connectivity index (χ1) is 5.75. The Kier molecular flexibility index (Phi) is 3.76. The average molecular weight is 205 g/mol. The molecule has 0 fully saturated rings. The lowest BCUT2D eigenvalue weighted by Crippen LogP contribution is -1.97. The molecule has 1 aromatic heterocycles. The molecule has 1 rings (SSSR count). The van der Waals surface area contributed by atoms with E-state index in [0.29, 0.717) is 0 Å². The molecule has 0 N–H and O–H groups in total. The van der Waals surface area contributed by atoms with E-state index in [1.165, 1.54) is 6.33 Å². The molecule has 0 aliphatic carbocycles. The maximum atomic E-state index is 5.72. The Morgan fingerprint density at radius 3 is 2.83 bits per heavy atom. The van der Waals surface area contributed by atoms with Gasteiger partial charge in [-0.1, -0.05) is 36.5 Å². The fourth-order valence-electron chi connectivity index (χ4n) is 1.03. The van der Waals surface area contributed by atoms with E-state index in [1.54, 1.807) is 6.20 Å². The van der Waals surface area contributed by atoms with Crippen LogP contribution in [0.25, 0.3) is 0 Å². The molecule has 0 aromatic carbocycles. The molecule has 2 nitrogen and oxygen atoms in total. The van der Waals surface area contributed by atoms with Gasteiger partial charge in [-0.3, -0.25) is 0 Å². The monoisotopic (exact) mass is 204 g/mol. The fourth-order valence-corrected chi connectivity index (χ4v) is 1.42. The van der Waals surface area contributed by atoms with E-state index in [4.69, 9.17) is 23.2 Å². The summed E-state index contributed by atoms with van der Waals surface area (Å²) in [7, 11) is 0. The SMILES string of the molecule is CCCc1cncnc1C(Cl)Cl. The molecule has 0 aliphatic rings. The van der Waals surface area contributed by atoms with Gasteiger partial charge < -0.3 is 0 Å². The summed E-state index contributed by atoms with van der Waals surface area (Å²) in [5, 5.41) is 0. The van der Waals surface area contributed by atoms with E-state index in [0.717, 1.165) is 24.1 Å². The molecule has 0 spiro atoms. The lowest BCUT2D eigenvalue weighted by molar-refractivity contribution is 0.875. The van der Waals surface area contributed by atoms with Crippen LogP contribution in [0.2, 0.25) is 0 Å². The highest BCUT2D eigenvalue weighted by Gasteiger charge is 2.09. The van der Waals surface area contributed by atoms with Crippen LogP contribution in [0.15, 0.2) is 12.5 Å². The van der Waals surface area contributed by atoms with Gasteiger partial charge in [0.05, 0.1) is 5.69 Å². The van der Waals surface area contributed by atoms with E-state index in [1.807, 2.05) is 0 Å². The number of aromatic nitrogens is 2. The van der Waals surface area contributed by atoms with Crippen molar-refractivity contribution >= 4 is 23.2 Å². The minimum absolute atomic E-state index is 0.547. The summed E-state index contributed by atoms with van der Waals surface area (Å²) in [5.41, 5.74) is 1.77. The van der Waals surface area contributed by atoms with Gasteiger partial charge in [0, 0.05) is 6.20 Å². The Bertz CT molecular complexity index is 251. The van der Waals surface area contributed by atoms with E-state index < -0.39 is 4.84 Å². The van der Waals surface area contributed by atoms with Gasteiger partial charge in [0.2, 0.25) is 0 Å². The number of rotatable bonds is 3. The van der Waals surface area contributed by atoms with Gasteiger partial charge in [0.15, 0.2) is 0 Å². The Morgan fingerprint density at radius 2 is 2.25 bits per heavy atom. The quantitative estimate of drug-likeness (QED) is 0.709. The lowest BCUT2D eigenvalue weighted by Gasteiger charge is -2.05. The first kappa shape index (κ1) is 9.75. The minimum atomic E-state index is -0.547. The van der Waals surface area contributed by atoms with Crippen molar-refractivity contribution < 1.29 is 0 Å². The van der Waals surface area contributed by atoms with Gasteiger partial charge in [-0.2, -0.15) is 0 Å². The van der Waals surface area contributed by atoms with Gasteiger partial charge in [-0.05, 0) is 12.0 Å². The largest absolute Gasteiger partial charge is 0.245 e. The molecule has 0 atom stereocenters. The van der Waals surface area contributed by atoms with Crippen molar-refractivity contribution in [3.8, 4) is 0 Å². The number of nitrogens with zero attached hydrogens (tertiary/aromatic N) is 2. The van der Waals surface area contributed by atoms with Crippen molar-refractivity contribution in [3.63, 3.8) is 0 Å². The van der Waals surface area contributed by atoms with Crippen LogP contribution in [0.1, 0.15) is 29.4 Å². The lowest BCUT2D eigenvalue weighted by atomic mass is 10.1. The first-order valence-electron chi connectivity index (χ1n) is 3.82. The molecule has 1 aromatic rings. The summed E-state index contributed by atoms with van der Waals surface area (Å²) in [6.07, 6.45) is 5.20. The summed E-state index contributed by atoms with van der Waals surface area (Å²) >= 11 is 11.4. The Labute approximate surface area is 81.9 Å². The Balaban J connectivity index is 2.92. The highest BCUT2D eigenvalue weighted by atomic mass is 35.5. The summed E-state index contributed by atoms with van der Waals surface area (Å²) in [6.45, 7) is 2.09. The first-order valence-corrected chi connectivity index (χ1v) is 4.70. The second kappa shape index (κ2) is 4.63. The van der Waals surface area contributed by atoms with Crippen LogP contribution in [0.5, 0.6) is 0 Å². The Hall–Kier alpha value is -0.340. The summed E-state index contributed by atoms with van der Waals surface area (Å²) in [4.78, 5) is 7.39. The molecular weight excluding hydrogens is 195 g/mol. The molecule has 4 heteroatoms. The van der Waals surface area contributed by atoms with Crippen LogP contribution < -0.4 is 0 Å². The minimum Gasteiger partial charge on any atom is -0.245 e. The summed E-state index contributed by atoms with van der Waals surface area (Å²) < 4.78 is 0. The molecular formula is C8H10Cl2N2. The number of halogens is 2. The molecule has 12 heavy (non-hydrogen) atoms. The van der Waals surface area contributed by atoms with Crippen LogP contribution in [-0.2, 0) is 6.42 Å². The zero-order chi connectivity index (χ0) is 8.97. The molecule has 0 amide bonds. The zero-order valence-electron chi connectivity index (χ0n) is 6.80. The number of alkyl halides is 2. The second-order valence-corrected chi connectivity index (χ2v) is 3.58. The second-order valence-electron chi connectivity index (χ2n) is 2.48. The third-order valence-corrected chi connectivity index (χ3v) is 1.96. The maximum Gasteiger partial charge on any atom is 0.149 e. The van der Waals surface area contributed by atoms with Gasteiger partial charge in [-0.25, -0.2) is 9.97 Å². The van der Waals surface area contributed by atoms with Crippen molar-refractivity contribution in [2.24, 2.45) is 0 Å². The predicted molar refractivity (Wildman–Crippen MR) is 50.5 cm³/mol. The molecule has 66 valence electrons. The summed E-state index contributed by atoms with van der Waals surface area (Å²) in [5.74, 6) is 0. The third-order valence-electron chi connectivity index (χ3n) is 1.55. The molecule has 0 bridgehead atoms. The molecule has 0 radical (unpaired) electrons. The highest BCUT2D eigenvalue weighted by Crippen LogP contribution is 2.25. The Morgan fingerprint density at radius 1 is 1.50 bits per heavy atom. The zero-order valence-corrected chi connectivity index (χ0v) is 8.31. The van der Waals surface area contributed by atoms with Crippen LogP contribution >= 0.6 is 23.2 Å². The summed E-state index contributed by atoms with van der Waals surface area (Å²) in [6, 6.07) is 0. The van der Waals surface area contributed by atoms with E-state index >= 15 is 0 Å². The van der Waals surface area contributed by atoms with E-state index in [9.17, 15) is 0 Å². The molecule has 0 aliphatic heterocycles.